The van der Waals surface area contributed by atoms with Crippen LogP contribution in [0.5, 0.6) is 0 Å². The minimum absolute atomic E-state index is 0.491. The monoisotopic (exact) mass is 279 g/mol. The lowest BCUT2D eigenvalue weighted by Gasteiger charge is -2.05. The first kappa shape index (κ1) is 12.9. The fourth-order valence-electron chi connectivity index (χ4n) is 2.11. The van der Waals surface area contributed by atoms with E-state index in [1.807, 2.05) is 48.1 Å². The van der Waals surface area contributed by atoms with E-state index in [2.05, 4.69) is 21.6 Å². The smallest absolute Gasteiger partial charge is 0.247 e. The Bertz CT molecular complexity index is 783. The van der Waals surface area contributed by atoms with Crippen LogP contribution < -0.4 is 5.32 Å². The topological polar surface area (TPSA) is 79.7 Å². The first-order valence-electron chi connectivity index (χ1n) is 6.42. The van der Waals surface area contributed by atoms with Gasteiger partial charge in [-0.05, 0) is 29.8 Å². The van der Waals surface area contributed by atoms with Crippen molar-refractivity contribution in [3.63, 3.8) is 0 Å². The molecule has 0 aliphatic rings. The first-order valence-corrected chi connectivity index (χ1v) is 6.42. The molecule has 21 heavy (non-hydrogen) atoms. The highest BCUT2D eigenvalue weighted by Gasteiger charge is 2.05. The number of aromatic nitrogens is 3. The number of hydrogen-bond donors (Lipinski definition) is 1. The van der Waals surface area contributed by atoms with Gasteiger partial charge < -0.3 is 14.3 Å². The van der Waals surface area contributed by atoms with E-state index in [1.165, 1.54) is 6.39 Å². The molecule has 1 aromatic carbocycles. The van der Waals surface area contributed by atoms with Gasteiger partial charge in [0.15, 0.2) is 0 Å². The van der Waals surface area contributed by atoms with Crippen LogP contribution in [-0.4, -0.2) is 14.8 Å². The Morgan fingerprint density at radius 2 is 2.29 bits per heavy atom. The number of nitrogens with one attached hydrogen (secondary N) is 1. The Labute approximate surface area is 121 Å². The molecular weight excluding hydrogens is 266 g/mol. The van der Waals surface area contributed by atoms with Crippen LogP contribution in [0.2, 0.25) is 0 Å². The van der Waals surface area contributed by atoms with E-state index in [4.69, 9.17) is 9.68 Å². The van der Waals surface area contributed by atoms with Gasteiger partial charge in [-0.2, -0.15) is 5.26 Å². The van der Waals surface area contributed by atoms with Gasteiger partial charge in [0.25, 0.3) is 0 Å². The van der Waals surface area contributed by atoms with Gasteiger partial charge in [-0.1, -0.05) is 6.07 Å². The average Bonchev–Trinajstić information content (AvgIpc) is 3.15. The molecule has 0 bridgehead atoms. The highest BCUT2D eigenvalue weighted by molar-refractivity contribution is 5.60. The number of benzene rings is 1. The Kier molecular flexibility index (Phi) is 3.39. The van der Waals surface area contributed by atoms with Gasteiger partial charge in [-0.15, -0.1) is 10.2 Å². The summed E-state index contributed by atoms with van der Waals surface area (Å²) in [5.41, 5.74) is 3.51. The standard InChI is InChI=1S/C15H13N5O/c1-20-9-11(5-14(20)7-16)8-17-13-4-2-3-12(6-13)15-19-18-10-21-15/h2-6,9-10,17H,8H2,1H3. The van der Waals surface area contributed by atoms with Crippen LogP contribution >= 0.6 is 0 Å². The van der Waals surface area contributed by atoms with E-state index in [0.29, 0.717) is 18.1 Å². The molecule has 0 aliphatic carbocycles. The second-order valence-electron chi connectivity index (χ2n) is 4.63. The van der Waals surface area contributed by atoms with Crippen molar-refractivity contribution in [3.05, 3.63) is 54.2 Å². The third-order valence-electron chi connectivity index (χ3n) is 3.14. The summed E-state index contributed by atoms with van der Waals surface area (Å²) in [5.74, 6) is 0.491. The molecule has 0 unspecified atom stereocenters. The molecule has 0 spiro atoms. The summed E-state index contributed by atoms with van der Waals surface area (Å²) in [7, 11) is 1.86. The predicted octanol–water partition coefficient (Wildman–Crippen LogP) is 2.56. The molecule has 0 fully saturated rings. The lowest BCUT2D eigenvalue weighted by molar-refractivity contribution is 0.568. The van der Waals surface area contributed by atoms with Crippen LogP contribution in [0.15, 0.2) is 47.3 Å². The Morgan fingerprint density at radius 3 is 3.00 bits per heavy atom. The summed E-state index contributed by atoms with van der Waals surface area (Å²) < 4.78 is 6.99. The van der Waals surface area contributed by atoms with Gasteiger partial charge >= 0.3 is 0 Å². The Morgan fingerprint density at radius 1 is 1.38 bits per heavy atom. The van der Waals surface area contributed by atoms with Crippen LogP contribution in [0.4, 0.5) is 5.69 Å². The van der Waals surface area contributed by atoms with Gasteiger partial charge in [-0.25, -0.2) is 0 Å². The lowest BCUT2D eigenvalue weighted by Crippen LogP contribution is -1.98. The maximum atomic E-state index is 8.94. The highest BCUT2D eigenvalue weighted by atomic mass is 16.4. The largest absolute Gasteiger partial charge is 0.423 e. The molecule has 0 aliphatic heterocycles. The van der Waals surface area contributed by atoms with Crippen molar-refractivity contribution in [1.29, 1.82) is 5.26 Å². The van der Waals surface area contributed by atoms with E-state index in [1.54, 1.807) is 0 Å². The number of anilines is 1. The second-order valence-corrected chi connectivity index (χ2v) is 4.63. The summed E-state index contributed by atoms with van der Waals surface area (Å²) >= 11 is 0. The fraction of sp³-hybridized carbons (Fsp3) is 0.133. The normalized spacial score (nSPS) is 10.3. The maximum absolute atomic E-state index is 8.94. The summed E-state index contributed by atoms with van der Waals surface area (Å²) in [6, 6.07) is 11.8. The van der Waals surface area contributed by atoms with Crippen molar-refractivity contribution in [2.75, 3.05) is 5.32 Å². The summed E-state index contributed by atoms with van der Waals surface area (Å²) in [5, 5.41) is 19.8. The van der Waals surface area contributed by atoms with E-state index in [9.17, 15) is 0 Å². The third-order valence-corrected chi connectivity index (χ3v) is 3.14. The number of nitrogens with zero attached hydrogens (tertiary/aromatic N) is 4. The molecule has 0 saturated carbocycles. The number of hydrogen-bond acceptors (Lipinski definition) is 5. The van der Waals surface area contributed by atoms with Crippen molar-refractivity contribution in [3.8, 4) is 17.5 Å². The summed E-state index contributed by atoms with van der Waals surface area (Å²) in [4.78, 5) is 0. The van der Waals surface area contributed by atoms with Crippen molar-refractivity contribution in [2.24, 2.45) is 7.05 Å². The minimum Gasteiger partial charge on any atom is -0.423 e. The molecule has 2 heterocycles. The van der Waals surface area contributed by atoms with E-state index in [-0.39, 0.29) is 0 Å². The summed E-state index contributed by atoms with van der Waals surface area (Å²) in [6.07, 6.45) is 3.25. The minimum atomic E-state index is 0.491. The van der Waals surface area contributed by atoms with Gasteiger partial charge in [0.05, 0.1) is 0 Å². The van der Waals surface area contributed by atoms with Crippen molar-refractivity contribution in [2.45, 2.75) is 6.54 Å². The molecule has 1 N–H and O–H groups in total. The molecule has 2 aromatic heterocycles. The number of nitriles is 1. The zero-order valence-corrected chi connectivity index (χ0v) is 11.4. The van der Waals surface area contributed by atoms with Crippen molar-refractivity contribution in [1.82, 2.24) is 14.8 Å². The van der Waals surface area contributed by atoms with Crippen molar-refractivity contribution < 1.29 is 4.42 Å². The quantitative estimate of drug-likeness (QED) is 0.794. The number of rotatable bonds is 4. The number of aryl methyl sites for hydroxylation is 1. The van der Waals surface area contributed by atoms with Crippen molar-refractivity contribution >= 4 is 5.69 Å². The fourth-order valence-corrected chi connectivity index (χ4v) is 2.11. The summed E-state index contributed by atoms with van der Waals surface area (Å²) in [6.45, 7) is 0.642. The molecule has 3 aromatic rings. The lowest BCUT2D eigenvalue weighted by atomic mass is 10.2. The maximum Gasteiger partial charge on any atom is 0.247 e. The van der Waals surface area contributed by atoms with Gasteiger partial charge in [0.1, 0.15) is 11.8 Å². The Balaban J connectivity index is 1.73. The molecule has 0 atom stereocenters. The molecule has 6 nitrogen and oxygen atoms in total. The van der Waals surface area contributed by atoms with Crippen LogP contribution in [0, 0.1) is 11.3 Å². The molecule has 0 radical (unpaired) electrons. The zero-order chi connectivity index (χ0) is 14.7. The van der Waals surface area contributed by atoms with Gasteiger partial charge in [0.2, 0.25) is 12.3 Å². The van der Waals surface area contributed by atoms with Crippen LogP contribution in [0.1, 0.15) is 11.3 Å². The molecule has 6 heteroatoms. The predicted molar refractivity (Wildman–Crippen MR) is 77.2 cm³/mol. The van der Waals surface area contributed by atoms with Crippen LogP contribution in [-0.2, 0) is 13.6 Å². The van der Waals surface area contributed by atoms with E-state index >= 15 is 0 Å². The second kappa shape index (κ2) is 5.51. The van der Waals surface area contributed by atoms with Crippen LogP contribution in [0.25, 0.3) is 11.5 Å². The Hall–Kier alpha value is -3.07. The highest BCUT2D eigenvalue weighted by Crippen LogP contribution is 2.20. The SMILES string of the molecule is Cn1cc(CNc2cccc(-c3nnco3)c2)cc1C#N. The average molecular weight is 279 g/mol. The molecule has 3 rings (SSSR count). The molecule has 104 valence electrons. The molecular formula is C15H13N5O. The van der Waals surface area contributed by atoms with Gasteiger partial charge in [-0.3, -0.25) is 0 Å². The van der Waals surface area contributed by atoms with Crippen LogP contribution in [0.3, 0.4) is 0 Å². The first-order chi connectivity index (χ1) is 10.3. The molecule has 0 amide bonds. The van der Waals surface area contributed by atoms with E-state index < -0.39 is 0 Å². The van der Waals surface area contributed by atoms with Gasteiger partial charge in [0, 0.05) is 31.0 Å². The molecule has 0 saturated heterocycles. The zero-order valence-electron chi connectivity index (χ0n) is 11.4. The van der Waals surface area contributed by atoms with E-state index in [0.717, 1.165) is 16.8 Å². The third kappa shape index (κ3) is 2.77.